The molecule has 0 aliphatic carbocycles. The van der Waals surface area contributed by atoms with Crippen LogP contribution in [0.4, 0.5) is 4.39 Å². The maximum absolute atomic E-state index is 13.2. The van der Waals surface area contributed by atoms with Gasteiger partial charge in [-0.25, -0.2) is 4.39 Å². The normalized spacial score (nSPS) is 10.9. The zero-order valence-electron chi connectivity index (χ0n) is 8.87. The van der Waals surface area contributed by atoms with E-state index >= 15 is 0 Å². The summed E-state index contributed by atoms with van der Waals surface area (Å²) in [6.07, 6.45) is 4.25. The van der Waals surface area contributed by atoms with Crippen LogP contribution in [0.1, 0.15) is 18.9 Å². The number of carbonyl (C=O) groups excluding carboxylic acids is 1. The molecule has 0 N–H and O–H groups in total. The molecule has 0 saturated heterocycles. The first-order valence-corrected chi connectivity index (χ1v) is 6.21. The van der Waals surface area contributed by atoms with E-state index in [0.29, 0.717) is 16.3 Å². The third-order valence-electron chi connectivity index (χ3n) is 1.85. The van der Waals surface area contributed by atoms with Crippen LogP contribution in [-0.4, -0.2) is 10.9 Å². The Hall–Kier alpha value is -0.800. The van der Waals surface area contributed by atoms with Crippen LogP contribution in [0.5, 0.6) is 0 Å². The molecule has 0 atom stereocenters. The molecule has 1 nitrogen and oxygen atoms in total. The van der Waals surface area contributed by atoms with Crippen LogP contribution in [0.3, 0.4) is 0 Å². The molecule has 4 heteroatoms. The predicted molar refractivity (Wildman–Crippen MR) is 68.2 cm³/mol. The van der Waals surface area contributed by atoms with Crippen LogP contribution in [-0.2, 0) is 4.79 Å². The summed E-state index contributed by atoms with van der Waals surface area (Å²) >= 11 is 7.01. The third-order valence-corrected chi connectivity index (χ3v) is 2.93. The van der Waals surface area contributed by atoms with Gasteiger partial charge in [0.1, 0.15) is 5.82 Å². The zero-order valence-corrected chi connectivity index (χ0v) is 10.4. The molecule has 86 valence electrons. The van der Waals surface area contributed by atoms with E-state index in [4.69, 9.17) is 11.6 Å². The third kappa shape index (κ3) is 4.81. The summed E-state index contributed by atoms with van der Waals surface area (Å²) < 4.78 is 13.2. The topological polar surface area (TPSA) is 17.1 Å². The van der Waals surface area contributed by atoms with E-state index in [1.165, 1.54) is 30.8 Å². The van der Waals surface area contributed by atoms with E-state index in [2.05, 4.69) is 0 Å². The van der Waals surface area contributed by atoms with Crippen molar-refractivity contribution in [2.24, 2.45) is 0 Å². The van der Waals surface area contributed by atoms with Crippen LogP contribution in [0.25, 0.3) is 6.08 Å². The summed E-state index contributed by atoms with van der Waals surface area (Å²) in [5.74, 6) is 0.425. The Labute approximate surface area is 104 Å². The summed E-state index contributed by atoms with van der Waals surface area (Å²) in [5.41, 5.74) is 0.473. The van der Waals surface area contributed by atoms with Crippen molar-refractivity contribution in [2.75, 3.05) is 5.75 Å². The largest absolute Gasteiger partial charge is 0.288 e. The molecule has 0 unspecified atom stereocenters. The molecule has 0 aromatic heterocycles. The summed E-state index contributed by atoms with van der Waals surface area (Å²) in [4.78, 5) is 10.6. The van der Waals surface area contributed by atoms with E-state index in [0.717, 1.165) is 6.42 Å². The number of thioether (sulfide) groups is 1. The second-order valence-electron chi connectivity index (χ2n) is 3.20. The maximum atomic E-state index is 13.2. The van der Waals surface area contributed by atoms with Gasteiger partial charge in [-0.1, -0.05) is 35.5 Å². The van der Waals surface area contributed by atoms with E-state index in [-0.39, 0.29) is 10.9 Å². The van der Waals surface area contributed by atoms with Crippen molar-refractivity contribution in [1.29, 1.82) is 0 Å². The van der Waals surface area contributed by atoms with Gasteiger partial charge in [0, 0.05) is 23.3 Å². The van der Waals surface area contributed by atoms with Crippen LogP contribution in [0, 0.1) is 5.82 Å². The number of allylic oxidation sites excluding steroid dienone is 1. The summed E-state index contributed by atoms with van der Waals surface area (Å²) in [5, 5.41) is 0.612. The van der Waals surface area contributed by atoms with Crippen LogP contribution in [0.15, 0.2) is 24.3 Å². The molecular weight excluding hydrogens is 247 g/mol. The van der Waals surface area contributed by atoms with Gasteiger partial charge in [-0.05, 0) is 24.6 Å². The standard InChI is InChI=1S/C12H12ClFOS/c1-9(15)16-7-3-2-4-10-8-11(13)5-6-12(10)14/h2,4-6,8H,3,7H2,1H3. The van der Waals surface area contributed by atoms with Gasteiger partial charge in [0.15, 0.2) is 5.12 Å². The highest BCUT2D eigenvalue weighted by molar-refractivity contribution is 8.13. The van der Waals surface area contributed by atoms with Crippen molar-refractivity contribution in [1.82, 2.24) is 0 Å². The Morgan fingerprint density at radius 2 is 2.31 bits per heavy atom. The Morgan fingerprint density at radius 1 is 1.56 bits per heavy atom. The average molecular weight is 259 g/mol. The fraction of sp³-hybridized carbons (Fsp3) is 0.250. The first kappa shape index (κ1) is 13.3. The minimum Gasteiger partial charge on any atom is -0.288 e. The first-order chi connectivity index (χ1) is 7.59. The molecule has 0 heterocycles. The summed E-state index contributed by atoms with van der Waals surface area (Å²) in [6, 6.07) is 4.43. The molecular formula is C12H12ClFOS. The van der Waals surface area contributed by atoms with Gasteiger partial charge >= 0.3 is 0 Å². The van der Waals surface area contributed by atoms with Crippen LogP contribution >= 0.6 is 23.4 Å². The van der Waals surface area contributed by atoms with Crippen molar-refractivity contribution >= 4 is 34.6 Å². The molecule has 0 fully saturated rings. The number of hydrogen-bond acceptors (Lipinski definition) is 2. The molecule has 0 saturated carbocycles. The first-order valence-electron chi connectivity index (χ1n) is 4.84. The lowest BCUT2D eigenvalue weighted by Crippen LogP contribution is -1.84. The molecule has 0 bridgehead atoms. The van der Waals surface area contributed by atoms with E-state index < -0.39 is 0 Å². The number of hydrogen-bond donors (Lipinski definition) is 0. The lowest BCUT2D eigenvalue weighted by molar-refractivity contribution is -0.109. The lowest BCUT2D eigenvalue weighted by Gasteiger charge is -1.97. The second-order valence-corrected chi connectivity index (χ2v) is 4.91. The van der Waals surface area contributed by atoms with Crippen molar-refractivity contribution in [3.05, 3.63) is 40.7 Å². The Morgan fingerprint density at radius 3 is 3.00 bits per heavy atom. The molecule has 1 aromatic carbocycles. The van der Waals surface area contributed by atoms with Crippen LogP contribution in [0.2, 0.25) is 5.02 Å². The van der Waals surface area contributed by atoms with Gasteiger partial charge in [0.25, 0.3) is 0 Å². The minimum absolute atomic E-state index is 0.0994. The number of carbonyl (C=O) groups is 1. The summed E-state index contributed by atoms with van der Waals surface area (Å²) in [7, 11) is 0. The molecule has 1 aromatic rings. The van der Waals surface area contributed by atoms with Crippen molar-refractivity contribution in [2.45, 2.75) is 13.3 Å². The van der Waals surface area contributed by atoms with Gasteiger partial charge in [-0.2, -0.15) is 0 Å². The SMILES string of the molecule is CC(=O)SCCC=Cc1cc(Cl)ccc1F. The fourth-order valence-electron chi connectivity index (χ4n) is 1.12. The average Bonchev–Trinajstić information content (AvgIpc) is 2.22. The molecule has 0 aliphatic rings. The van der Waals surface area contributed by atoms with Gasteiger partial charge in [-0.15, -0.1) is 0 Å². The number of benzene rings is 1. The van der Waals surface area contributed by atoms with Gasteiger partial charge in [0.2, 0.25) is 0 Å². The number of rotatable bonds is 4. The second kappa shape index (κ2) is 6.71. The van der Waals surface area contributed by atoms with Crippen LogP contribution < -0.4 is 0 Å². The van der Waals surface area contributed by atoms with E-state index in [1.807, 2.05) is 6.08 Å². The van der Waals surface area contributed by atoms with Gasteiger partial charge in [0.05, 0.1) is 0 Å². The van der Waals surface area contributed by atoms with Crippen molar-refractivity contribution < 1.29 is 9.18 Å². The highest BCUT2D eigenvalue weighted by atomic mass is 35.5. The molecule has 0 amide bonds. The monoisotopic (exact) mass is 258 g/mol. The molecule has 0 radical (unpaired) electrons. The Kier molecular flexibility index (Phi) is 5.56. The van der Waals surface area contributed by atoms with Crippen molar-refractivity contribution in [3.8, 4) is 0 Å². The van der Waals surface area contributed by atoms with E-state index in [1.54, 1.807) is 12.1 Å². The van der Waals surface area contributed by atoms with Crippen molar-refractivity contribution in [3.63, 3.8) is 0 Å². The van der Waals surface area contributed by atoms with E-state index in [9.17, 15) is 9.18 Å². The molecule has 1 rings (SSSR count). The predicted octanol–water partition coefficient (Wildman–Crippen LogP) is 4.16. The smallest absolute Gasteiger partial charge is 0.185 e. The maximum Gasteiger partial charge on any atom is 0.185 e. The molecule has 0 spiro atoms. The highest BCUT2D eigenvalue weighted by Crippen LogP contribution is 2.16. The quantitative estimate of drug-likeness (QED) is 0.755. The molecule has 16 heavy (non-hydrogen) atoms. The summed E-state index contributed by atoms with van der Waals surface area (Å²) in [6.45, 7) is 1.53. The minimum atomic E-state index is -0.292. The van der Waals surface area contributed by atoms with Gasteiger partial charge in [-0.3, -0.25) is 4.79 Å². The zero-order chi connectivity index (χ0) is 12.0. The Balaban J connectivity index is 2.49. The van der Waals surface area contributed by atoms with Gasteiger partial charge < -0.3 is 0 Å². The molecule has 0 aliphatic heterocycles. The lowest BCUT2D eigenvalue weighted by atomic mass is 10.2. The highest BCUT2D eigenvalue weighted by Gasteiger charge is 1.98. The fourth-order valence-corrected chi connectivity index (χ4v) is 1.85. The number of halogens is 2. The Bertz CT molecular complexity index is 404.